The highest BCUT2D eigenvalue weighted by Gasteiger charge is 2.41. The lowest BCUT2D eigenvalue weighted by molar-refractivity contribution is -0.168. The number of carbonyl (C=O) groups excluding carboxylic acids is 5. The molecule has 30 heavy (non-hydrogen) atoms. The van der Waals surface area contributed by atoms with E-state index in [-0.39, 0.29) is 24.0 Å². The summed E-state index contributed by atoms with van der Waals surface area (Å²) in [7, 11) is 0. The first-order valence-corrected chi connectivity index (χ1v) is 9.26. The van der Waals surface area contributed by atoms with Crippen LogP contribution in [-0.2, 0) is 14.4 Å². The molecule has 0 bridgehead atoms. The van der Waals surface area contributed by atoms with Gasteiger partial charge < -0.3 is 10.2 Å². The molecule has 1 unspecified atom stereocenters. The predicted octanol–water partition coefficient (Wildman–Crippen LogP) is 1.95. The van der Waals surface area contributed by atoms with E-state index in [2.05, 4.69) is 5.32 Å². The zero-order valence-electron chi connectivity index (χ0n) is 16.0. The first-order chi connectivity index (χ1) is 14.4. The monoisotopic (exact) mass is 407 g/mol. The van der Waals surface area contributed by atoms with Crippen LogP contribution in [0.2, 0.25) is 0 Å². The van der Waals surface area contributed by atoms with E-state index >= 15 is 0 Å². The minimum Gasteiger partial charge on any atom is -0.330 e. The lowest BCUT2D eigenvalue weighted by atomic mass is 10.1. The molecular formula is C21H17N3O6. The molecule has 2 aliphatic heterocycles. The summed E-state index contributed by atoms with van der Waals surface area (Å²) < 4.78 is 0. The van der Waals surface area contributed by atoms with Crippen LogP contribution in [0.5, 0.6) is 0 Å². The molecule has 0 aliphatic carbocycles. The highest BCUT2D eigenvalue weighted by Crippen LogP contribution is 2.24. The molecule has 9 nitrogen and oxygen atoms in total. The standard InChI is InChI=1S/C21H17N3O6/c1-12-5-4-6-13(11-12)23-20(28)16(22-21(23)29)9-10-17(25)30-24-18(26)14-7-2-3-8-15(14)19(24)27/h2-8,11,16H,9-10H2,1H3,(H,22,29). The summed E-state index contributed by atoms with van der Waals surface area (Å²) >= 11 is 0. The third-order valence-corrected chi connectivity index (χ3v) is 4.87. The highest BCUT2D eigenvalue weighted by atomic mass is 16.7. The Balaban J connectivity index is 1.37. The van der Waals surface area contributed by atoms with E-state index in [1.54, 1.807) is 30.3 Å². The molecule has 4 rings (SSSR count). The van der Waals surface area contributed by atoms with Gasteiger partial charge in [-0.25, -0.2) is 14.5 Å². The molecule has 0 radical (unpaired) electrons. The molecule has 1 N–H and O–H groups in total. The van der Waals surface area contributed by atoms with E-state index in [4.69, 9.17) is 4.84 Å². The van der Waals surface area contributed by atoms with Crippen LogP contribution in [0.4, 0.5) is 10.5 Å². The molecule has 0 spiro atoms. The van der Waals surface area contributed by atoms with Gasteiger partial charge in [0.15, 0.2) is 0 Å². The van der Waals surface area contributed by atoms with Crippen molar-refractivity contribution in [2.75, 3.05) is 4.90 Å². The molecule has 2 aliphatic rings. The lowest BCUT2D eigenvalue weighted by Crippen LogP contribution is -2.34. The Morgan fingerprint density at radius 1 is 1.00 bits per heavy atom. The fourth-order valence-electron chi connectivity index (χ4n) is 3.40. The van der Waals surface area contributed by atoms with Crippen molar-refractivity contribution in [1.82, 2.24) is 10.4 Å². The molecule has 1 fully saturated rings. The van der Waals surface area contributed by atoms with Crippen molar-refractivity contribution in [3.63, 3.8) is 0 Å². The van der Waals surface area contributed by atoms with Crippen LogP contribution in [0.3, 0.4) is 0 Å². The van der Waals surface area contributed by atoms with Crippen LogP contribution in [0.25, 0.3) is 0 Å². The van der Waals surface area contributed by atoms with E-state index in [1.165, 1.54) is 12.1 Å². The van der Waals surface area contributed by atoms with Crippen LogP contribution in [0.1, 0.15) is 39.1 Å². The summed E-state index contributed by atoms with van der Waals surface area (Å²) in [5.41, 5.74) is 1.64. The molecule has 1 saturated heterocycles. The van der Waals surface area contributed by atoms with E-state index < -0.39 is 35.8 Å². The Morgan fingerprint density at radius 3 is 2.30 bits per heavy atom. The number of anilines is 1. The zero-order valence-corrected chi connectivity index (χ0v) is 16.0. The van der Waals surface area contributed by atoms with Gasteiger partial charge in [-0.05, 0) is 43.2 Å². The molecule has 152 valence electrons. The lowest BCUT2D eigenvalue weighted by Gasteiger charge is -2.14. The largest absolute Gasteiger partial charge is 0.333 e. The van der Waals surface area contributed by atoms with Gasteiger partial charge in [-0.3, -0.25) is 14.4 Å². The zero-order chi connectivity index (χ0) is 21.4. The molecule has 0 saturated carbocycles. The molecule has 1 atom stereocenters. The molecule has 5 amide bonds. The predicted molar refractivity (Wildman–Crippen MR) is 103 cm³/mol. The third-order valence-electron chi connectivity index (χ3n) is 4.87. The molecule has 2 aromatic carbocycles. The number of amides is 5. The van der Waals surface area contributed by atoms with Gasteiger partial charge in [-0.2, -0.15) is 0 Å². The average molecular weight is 407 g/mol. The highest BCUT2D eigenvalue weighted by molar-refractivity contribution is 6.22. The smallest absolute Gasteiger partial charge is 0.330 e. The second kappa shape index (κ2) is 7.43. The Bertz CT molecular complexity index is 1060. The van der Waals surface area contributed by atoms with Crippen LogP contribution in [-0.4, -0.2) is 40.8 Å². The number of nitrogens with zero attached hydrogens (tertiary/aromatic N) is 2. The fourth-order valence-corrected chi connectivity index (χ4v) is 3.40. The topological polar surface area (TPSA) is 113 Å². The molecule has 9 heteroatoms. The summed E-state index contributed by atoms with van der Waals surface area (Å²) in [6.07, 6.45) is -0.305. The number of hydrogen-bond donors (Lipinski definition) is 1. The Morgan fingerprint density at radius 2 is 1.67 bits per heavy atom. The number of nitrogens with one attached hydrogen (secondary N) is 1. The van der Waals surface area contributed by atoms with Gasteiger partial charge in [0.25, 0.3) is 17.7 Å². The molecule has 2 heterocycles. The van der Waals surface area contributed by atoms with E-state index in [0.717, 1.165) is 10.5 Å². The summed E-state index contributed by atoms with van der Waals surface area (Å²) in [5.74, 6) is -2.79. The van der Waals surface area contributed by atoms with Gasteiger partial charge in [0.1, 0.15) is 6.04 Å². The fraction of sp³-hybridized carbons (Fsp3) is 0.190. The van der Waals surface area contributed by atoms with E-state index in [1.807, 2.05) is 13.0 Å². The normalized spacial score (nSPS) is 18.0. The number of hydroxylamine groups is 2. The first kappa shape index (κ1) is 19.3. The van der Waals surface area contributed by atoms with Crippen molar-refractivity contribution in [3.05, 3.63) is 65.2 Å². The van der Waals surface area contributed by atoms with Crippen LogP contribution >= 0.6 is 0 Å². The second-order valence-corrected chi connectivity index (χ2v) is 6.97. The van der Waals surface area contributed by atoms with Gasteiger partial charge in [0.05, 0.1) is 23.2 Å². The quantitative estimate of drug-likeness (QED) is 0.599. The van der Waals surface area contributed by atoms with Crippen LogP contribution in [0.15, 0.2) is 48.5 Å². The number of imide groups is 2. The number of benzene rings is 2. The second-order valence-electron chi connectivity index (χ2n) is 6.97. The maximum atomic E-state index is 12.6. The number of rotatable bonds is 5. The number of carbonyl (C=O) groups is 5. The Kier molecular flexibility index (Phi) is 4.78. The van der Waals surface area contributed by atoms with Gasteiger partial charge in [-0.15, -0.1) is 0 Å². The molecule has 0 aromatic heterocycles. The number of urea groups is 1. The number of aryl methyl sites for hydroxylation is 1. The van der Waals surface area contributed by atoms with Crippen LogP contribution in [0, 0.1) is 6.92 Å². The van der Waals surface area contributed by atoms with E-state index in [0.29, 0.717) is 10.8 Å². The van der Waals surface area contributed by atoms with Crippen molar-refractivity contribution >= 4 is 35.4 Å². The minimum absolute atomic E-state index is 0.0328. The van der Waals surface area contributed by atoms with Gasteiger partial charge in [-0.1, -0.05) is 29.3 Å². The molecule has 2 aromatic rings. The van der Waals surface area contributed by atoms with Gasteiger partial charge in [0.2, 0.25) is 0 Å². The molecular weight excluding hydrogens is 390 g/mol. The van der Waals surface area contributed by atoms with Crippen LogP contribution < -0.4 is 10.2 Å². The number of fused-ring (bicyclic) bond motifs is 1. The summed E-state index contributed by atoms with van der Waals surface area (Å²) in [4.78, 5) is 67.4. The first-order valence-electron chi connectivity index (χ1n) is 9.26. The Hall–Kier alpha value is -4.01. The van der Waals surface area contributed by atoms with E-state index in [9.17, 15) is 24.0 Å². The average Bonchev–Trinajstić information content (AvgIpc) is 3.14. The van der Waals surface area contributed by atoms with Crippen molar-refractivity contribution in [2.45, 2.75) is 25.8 Å². The number of hydrogen-bond acceptors (Lipinski definition) is 6. The van der Waals surface area contributed by atoms with Crippen molar-refractivity contribution in [3.8, 4) is 0 Å². The van der Waals surface area contributed by atoms with Crippen molar-refractivity contribution in [2.24, 2.45) is 0 Å². The van der Waals surface area contributed by atoms with Gasteiger partial charge >= 0.3 is 12.0 Å². The maximum Gasteiger partial charge on any atom is 0.333 e. The third kappa shape index (κ3) is 3.30. The van der Waals surface area contributed by atoms with Crippen molar-refractivity contribution in [1.29, 1.82) is 0 Å². The SMILES string of the molecule is Cc1cccc(N2C(=O)NC(CCC(=O)ON3C(=O)c4ccccc4C3=O)C2=O)c1. The Labute approximate surface area is 171 Å². The summed E-state index contributed by atoms with van der Waals surface area (Å²) in [6.45, 7) is 1.84. The summed E-state index contributed by atoms with van der Waals surface area (Å²) in [6, 6.07) is 11.6. The van der Waals surface area contributed by atoms with Gasteiger partial charge in [0, 0.05) is 0 Å². The minimum atomic E-state index is -0.909. The van der Waals surface area contributed by atoms with Crippen molar-refractivity contribution < 1.29 is 28.8 Å². The maximum absolute atomic E-state index is 12.6. The summed E-state index contributed by atoms with van der Waals surface area (Å²) in [5, 5.41) is 2.95.